The Morgan fingerprint density at radius 2 is 1.29 bits per heavy atom. The zero-order valence-corrected chi connectivity index (χ0v) is 12.3. The van der Waals surface area contributed by atoms with Crippen LogP contribution in [0.25, 0.3) is 44.4 Å². The Morgan fingerprint density at radius 1 is 0.583 bits per heavy atom. The van der Waals surface area contributed by atoms with E-state index in [0.717, 1.165) is 21.8 Å². The lowest BCUT2D eigenvalue weighted by atomic mass is 10.1. The SMILES string of the molecule is c1cnnc(-c2nnc3c4ncccc4c4cccnc4c3n2)c1. The molecule has 5 rings (SSSR count). The third-order valence-electron chi connectivity index (χ3n) is 3.84. The predicted molar refractivity (Wildman–Crippen MR) is 89.0 cm³/mol. The lowest BCUT2D eigenvalue weighted by Gasteiger charge is -2.07. The monoisotopic (exact) mass is 311 g/mol. The van der Waals surface area contributed by atoms with Crippen molar-refractivity contribution in [1.29, 1.82) is 0 Å². The molecule has 112 valence electrons. The minimum Gasteiger partial charge on any atom is -0.254 e. The summed E-state index contributed by atoms with van der Waals surface area (Å²) < 4.78 is 0. The van der Waals surface area contributed by atoms with Gasteiger partial charge in [0.05, 0.1) is 5.52 Å². The maximum atomic E-state index is 4.65. The molecule has 7 nitrogen and oxygen atoms in total. The first-order valence-corrected chi connectivity index (χ1v) is 7.36. The van der Waals surface area contributed by atoms with Crippen molar-refractivity contribution >= 4 is 32.8 Å². The van der Waals surface area contributed by atoms with Crippen molar-refractivity contribution in [3.8, 4) is 11.5 Å². The minimum absolute atomic E-state index is 0.415. The molecule has 1 aromatic carbocycles. The molecule has 4 aromatic heterocycles. The minimum atomic E-state index is 0.415. The van der Waals surface area contributed by atoms with E-state index < -0.39 is 0 Å². The number of hydrogen-bond acceptors (Lipinski definition) is 7. The summed E-state index contributed by atoms with van der Waals surface area (Å²) in [6.45, 7) is 0. The quantitative estimate of drug-likeness (QED) is 0.439. The van der Waals surface area contributed by atoms with Gasteiger partial charge in [0.15, 0.2) is 0 Å². The summed E-state index contributed by atoms with van der Waals surface area (Å²) in [5, 5.41) is 18.4. The fraction of sp³-hybridized carbons (Fsp3) is 0. The molecule has 7 heteroatoms. The Bertz CT molecular complexity index is 1170. The van der Waals surface area contributed by atoms with Crippen molar-refractivity contribution in [3.05, 3.63) is 55.0 Å². The van der Waals surface area contributed by atoms with Gasteiger partial charge in [0.25, 0.3) is 0 Å². The fourth-order valence-corrected chi connectivity index (χ4v) is 2.80. The number of hydrogen-bond donors (Lipinski definition) is 0. The van der Waals surface area contributed by atoms with Crippen LogP contribution in [0.15, 0.2) is 55.0 Å². The Hall–Kier alpha value is -3.61. The Labute approximate surface area is 135 Å². The van der Waals surface area contributed by atoms with E-state index in [1.165, 1.54) is 0 Å². The van der Waals surface area contributed by atoms with Crippen LogP contribution in [0, 0.1) is 0 Å². The zero-order chi connectivity index (χ0) is 15.9. The summed E-state index contributed by atoms with van der Waals surface area (Å²) in [5.41, 5.74) is 3.39. The van der Waals surface area contributed by atoms with Crippen LogP contribution in [0.5, 0.6) is 0 Å². The van der Waals surface area contributed by atoms with Crippen molar-refractivity contribution in [1.82, 2.24) is 35.3 Å². The highest BCUT2D eigenvalue weighted by Crippen LogP contribution is 2.30. The number of pyridine rings is 2. The molecule has 0 saturated heterocycles. The molecule has 0 aliphatic rings. The largest absolute Gasteiger partial charge is 0.254 e. The Morgan fingerprint density at radius 3 is 2.00 bits per heavy atom. The van der Waals surface area contributed by atoms with Crippen LogP contribution in [-0.2, 0) is 0 Å². The Kier molecular flexibility index (Phi) is 2.66. The van der Waals surface area contributed by atoms with Crippen LogP contribution < -0.4 is 0 Å². The number of nitrogens with zero attached hydrogens (tertiary/aromatic N) is 7. The van der Waals surface area contributed by atoms with E-state index in [1.54, 1.807) is 30.7 Å². The second-order valence-electron chi connectivity index (χ2n) is 5.24. The molecule has 0 N–H and O–H groups in total. The van der Waals surface area contributed by atoms with Crippen molar-refractivity contribution in [2.45, 2.75) is 0 Å². The van der Waals surface area contributed by atoms with Gasteiger partial charge in [-0.25, -0.2) is 4.98 Å². The van der Waals surface area contributed by atoms with Gasteiger partial charge in [0.1, 0.15) is 22.2 Å². The van der Waals surface area contributed by atoms with Crippen LogP contribution >= 0.6 is 0 Å². The molecule has 0 unspecified atom stereocenters. The summed E-state index contributed by atoms with van der Waals surface area (Å²) in [5.74, 6) is 0.415. The molecule has 0 saturated carbocycles. The maximum absolute atomic E-state index is 4.65. The Balaban J connectivity index is 1.96. The van der Waals surface area contributed by atoms with Crippen molar-refractivity contribution in [2.24, 2.45) is 0 Å². The van der Waals surface area contributed by atoms with Crippen LogP contribution in [0.3, 0.4) is 0 Å². The summed E-state index contributed by atoms with van der Waals surface area (Å²) in [6, 6.07) is 11.4. The number of benzene rings is 1. The molecule has 0 spiro atoms. The van der Waals surface area contributed by atoms with E-state index in [0.29, 0.717) is 22.6 Å². The van der Waals surface area contributed by atoms with E-state index >= 15 is 0 Å². The molecule has 0 aliphatic heterocycles. The van der Waals surface area contributed by atoms with Gasteiger partial charge in [-0.2, -0.15) is 5.10 Å². The molecular formula is C17H9N7. The normalized spacial score (nSPS) is 11.3. The molecular weight excluding hydrogens is 302 g/mol. The molecule has 5 aromatic rings. The first-order chi connectivity index (χ1) is 11.9. The van der Waals surface area contributed by atoms with Gasteiger partial charge in [0, 0.05) is 29.4 Å². The highest BCUT2D eigenvalue weighted by atomic mass is 15.2. The lowest BCUT2D eigenvalue weighted by molar-refractivity contribution is 0.978. The number of aromatic nitrogens is 7. The molecule has 0 aliphatic carbocycles. The summed E-state index contributed by atoms with van der Waals surface area (Å²) in [7, 11) is 0. The van der Waals surface area contributed by atoms with Crippen LogP contribution in [0.4, 0.5) is 0 Å². The molecule has 0 radical (unpaired) electrons. The lowest BCUT2D eigenvalue weighted by Crippen LogP contribution is -1.99. The maximum Gasteiger partial charge on any atom is 0.202 e. The first kappa shape index (κ1) is 12.9. The molecule has 0 amide bonds. The molecule has 0 fully saturated rings. The fourth-order valence-electron chi connectivity index (χ4n) is 2.80. The van der Waals surface area contributed by atoms with Crippen molar-refractivity contribution < 1.29 is 0 Å². The number of rotatable bonds is 1. The summed E-state index contributed by atoms with van der Waals surface area (Å²) in [4.78, 5) is 13.6. The highest BCUT2D eigenvalue weighted by molar-refractivity contribution is 6.20. The average Bonchev–Trinajstić information content (AvgIpc) is 2.68. The summed E-state index contributed by atoms with van der Waals surface area (Å²) in [6.07, 6.45) is 5.09. The molecule has 24 heavy (non-hydrogen) atoms. The van der Waals surface area contributed by atoms with Gasteiger partial charge >= 0.3 is 0 Å². The van der Waals surface area contributed by atoms with Gasteiger partial charge in [-0.3, -0.25) is 9.97 Å². The third kappa shape index (κ3) is 1.81. The van der Waals surface area contributed by atoms with Crippen LogP contribution in [-0.4, -0.2) is 35.3 Å². The summed E-state index contributed by atoms with van der Waals surface area (Å²) >= 11 is 0. The van der Waals surface area contributed by atoms with Gasteiger partial charge < -0.3 is 0 Å². The second kappa shape index (κ2) is 4.95. The standard InChI is InChI=1S/C17H9N7/c1-4-10-11-5-2-8-19-14(11)16-15(13(10)18-7-1)21-17(24-23-16)12-6-3-9-20-22-12/h1-9H. The second-order valence-corrected chi connectivity index (χ2v) is 5.24. The van der Waals surface area contributed by atoms with E-state index in [-0.39, 0.29) is 0 Å². The van der Waals surface area contributed by atoms with Crippen LogP contribution in [0.1, 0.15) is 0 Å². The van der Waals surface area contributed by atoms with Crippen LogP contribution in [0.2, 0.25) is 0 Å². The van der Waals surface area contributed by atoms with Gasteiger partial charge in [-0.15, -0.1) is 15.3 Å². The van der Waals surface area contributed by atoms with E-state index in [4.69, 9.17) is 0 Å². The number of fused-ring (bicyclic) bond motifs is 6. The van der Waals surface area contributed by atoms with Gasteiger partial charge in [-0.05, 0) is 24.3 Å². The van der Waals surface area contributed by atoms with Crippen molar-refractivity contribution in [3.63, 3.8) is 0 Å². The van der Waals surface area contributed by atoms with Gasteiger partial charge in [-0.1, -0.05) is 12.1 Å². The molecule has 0 bridgehead atoms. The first-order valence-electron chi connectivity index (χ1n) is 7.36. The average molecular weight is 311 g/mol. The van der Waals surface area contributed by atoms with E-state index in [1.807, 2.05) is 24.3 Å². The van der Waals surface area contributed by atoms with Crippen molar-refractivity contribution in [2.75, 3.05) is 0 Å². The highest BCUT2D eigenvalue weighted by Gasteiger charge is 2.14. The third-order valence-corrected chi connectivity index (χ3v) is 3.84. The topological polar surface area (TPSA) is 90.2 Å². The smallest absolute Gasteiger partial charge is 0.202 e. The molecule has 4 heterocycles. The van der Waals surface area contributed by atoms with Gasteiger partial charge in [0.2, 0.25) is 5.82 Å². The van der Waals surface area contributed by atoms with E-state index in [2.05, 4.69) is 35.3 Å². The molecule has 0 atom stereocenters. The predicted octanol–water partition coefficient (Wildman–Crippen LogP) is 2.58. The zero-order valence-electron chi connectivity index (χ0n) is 12.3. The van der Waals surface area contributed by atoms with E-state index in [9.17, 15) is 0 Å².